The largest absolute Gasteiger partial charge is 0.0843 e. The second kappa shape index (κ2) is 4.38. The molecule has 0 saturated carbocycles. The van der Waals surface area contributed by atoms with Gasteiger partial charge in [-0.05, 0) is 84.0 Å². The summed E-state index contributed by atoms with van der Waals surface area (Å²) in [5, 5.41) is 0.861. The number of fused-ring (bicyclic) bond motifs is 5. The Morgan fingerprint density at radius 2 is 1.53 bits per heavy atom. The van der Waals surface area contributed by atoms with Crippen LogP contribution in [0, 0.1) is 0 Å². The van der Waals surface area contributed by atoms with E-state index in [1.807, 2.05) is 6.07 Å². The molecule has 0 spiro atoms. The predicted octanol–water partition coefficient (Wildman–Crippen LogP) is 4.98. The minimum Gasteiger partial charge on any atom is -0.0843 e. The molecule has 0 aromatic heterocycles. The summed E-state index contributed by atoms with van der Waals surface area (Å²) >= 11 is 6.12. The van der Waals surface area contributed by atoms with Crippen molar-refractivity contribution in [3.63, 3.8) is 0 Å². The summed E-state index contributed by atoms with van der Waals surface area (Å²) in [5.74, 6) is 0. The summed E-state index contributed by atoms with van der Waals surface area (Å²) in [6.45, 7) is 0. The number of aryl methyl sites for hydroxylation is 2. The first-order chi connectivity index (χ1) is 9.33. The number of benzene rings is 2. The van der Waals surface area contributed by atoms with E-state index >= 15 is 0 Å². The maximum Gasteiger partial charge on any atom is 0.0409 e. The smallest absolute Gasteiger partial charge is 0.0409 e. The molecule has 2 aromatic carbocycles. The molecule has 1 heteroatoms. The van der Waals surface area contributed by atoms with Crippen LogP contribution in [0.3, 0.4) is 0 Å². The lowest BCUT2D eigenvalue weighted by Gasteiger charge is -2.27. The topological polar surface area (TPSA) is 0 Å². The maximum absolute atomic E-state index is 6.12. The van der Waals surface area contributed by atoms with Crippen molar-refractivity contribution in [3.8, 4) is 11.1 Å². The minimum absolute atomic E-state index is 0.861. The molecule has 0 nitrogen and oxygen atoms in total. The Bertz CT molecular complexity index is 655. The first-order valence-electron chi connectivity index (χ1n) is 7.25. The van der Waals surface area contributed by atoms with E-state index in [4.69, 9.17) is 11.6 Å². The van der Waals surface area contributed by atoms with Crippen LogP contribution in [0.2, 0.25) is 5.02 Å². The van der Waals surface area contributed by atoms with Crippen molar-refractivity contribution in [2.45, 2.75) is 38.5 Å². The van der Waals surface area contributed by atoms with Gasteiger partial charge in [0.2, 0.25) is 0 Å². The third-order valence-corrected chi connectivity index (χ3v) is 4.89. The van der Waals surface area contributed by atoms with Crippen molar-refractivity contribution in [2.75, 3.05) is 0 Å². The van der Waals surface area contributed by atoms with Crippen LogP contribution < -0.4 is 0 Å². The van der Waals surface area contributed by atoms with E-state index in [1.54, 1.807) is 16.7 Å². The van der Waals surface area contributed by atoms with Gasteiger partial charge in [0.1, 0.15) is 0 Å². The summed E-state index contributed by atoms with van der Waals surface area (Å²) in [6.07, 6.45) is 7.59. The second-order valence-electron chi connectivity index (χ2n) is 5.74. The average Bonchev–Trinajstić information content (AvgIpc) is 2.46. The SMILES string of the molecule is Clc1ccc2c(c1)CCc1c-2ccc2c1CCCC2. The third-order valence-electron chi connectivity index (χ3n) is 4.65. The van der Waals surface area contributed by atoms with Gasteiger partial charge in [-0.3, -0.25) is 0 Å². The molecule has 0 saturated heterocycles. The van der Waals surface area contributed by atoms with Gasteiger partial charge >= 0.3 is 0 Å². The lowest BCUT2D eigenvalue weighted by Crippen LogP contribution is -2.12. The molecule has 0 bridgehead atoms. The van der Waals surface area contributed by atoms with E-state index in [0.717, 1.165) is 11.4 Å². The van der Waals surface area contributed by atoms with Crippen molar-refractivity contribution in [1.82, 2.24) is 0 Å². The minimum atomic E-state index is 0.861. The Morgan fingerprint density at radius 3 is 2.47 bits per heavy atom. The summed E-state index contributed by atoms with van der Waals surface area (Å²) < 4.78 is 0. The number of halogens is 1. The van der Waals surface area contributed by atoms with E-state index in [1.165, 1.54) is 48.8 Å². The molecule has 0 atom stereocenters. The van der Waals surface area contributed by atoms with E-state index in [2.05, 4.69) is 24.3 Å². The van der Waals surface area contributed by atoms with Crippen LogP contribution >= 0.6 is 11.6 Å². The van der Waals surface area contributed by atoms with E-state index < -0.39 is 0 Å². The zero-order valence-electron chi connectivity index (χ0n) is 11.0. The van der Waals surface area contributed by atoms with Crippen molar-refractivity contribution < 1.29 is 0 Å². The van der Waals surface area contributed by atoms with Crippen LogP contribution in [0.4, 0.5) is 0 Å². The third kappa shape index (κ3) is 1.81. The van der Waals surface area contributed by atoms with E-state index in [0.29, 0.717) is 0 Å². The molecule has 2 aromatic rings. The molecule has 4 rings (SSSR count). The van der Waals surface area contributed by atoms with Crippen molar-refractivity contribution in [1.29, 1.82) is 0 Å². The number of hydrogen-bond acceptors (Lipinski definition) is 0. The van der Waals surface area contributed by atoms with Gasteiger partial charge in [-0.1, -0.05) is 29.8 Å². The fraction of sp³-hybridized carbons (Fsp3) is 0.333. The Labute approximate surface area is 119 Å². The Balaban J connectivity index is 1.93. The molecule has 0 heterocycles. The van der Waals surface area contributed by atoms with E-state index in [9.17, 15) is 0 Å². The lowest BCUT2D eigenvalue weighted by molar-refractivity contribution is 0.676. The monoisotopic (exact) mass is 268 g/mol. The van der Waals surface area contributed by atoms with Gasteiger partial charge in [-0.2, -0.15) is 0 Å². The van der Waals surface area contributed by atoms with Crippen molar-refractivity contribution >= 4 is 11.6 Å². The van der Waals surface area contributed by atoms with Gasteiger partial charge in [0, 0.05) is 5.02 Å². The molecule has 2 aliphatic rings. The number of rotatable bonds is 0. The second-order valence-corrected chi connectivity index (χ2v) is 6.17. The molecule has 0 unspecified atom stereocenters. The molecule has 96 valence electrons. The van der Waals surface area contributed by atoms with Gasteiger partial charge in [-0.25, -0.2) is 0 Å². The molecule has 2 aliphatic carbocycles. The fourth-order valence-corrected chi connectivity index (χ4v) is 3.93. The Hall–Kier alpha value is -1.27. The highest BCUT2D eigenvalue weighted by molar-refractivity contribution is 6.30. The summed E-state index contributed by atoms with van der Waals surface area (Å²) in [7, 11) is 0. The fourth-order valence-electron chi connectivity index (χ4n) is 3.73. The van der Waals surface area contributed by atoms with Crippen LogP contribution in [-0.2, 0) is 25.7 Å². The zero-order chi connectivity index (χ0) is 12.8. The molecule has 0 N–H and O–H groups in total. The summed E-state index contributed by atoms with van der Waals surface area (Å²) in [5.41, 5.74) is 9.15. The normalized spacial score (nSPS) is 16.5. The summed E-state index contributed by atoms with van der Waals surface area (Å²) in [6, 6.07) is 11.1. The van der Waals surface area contributed by atoms with Crippen LogP contribution in [0.5, 0.6) is 0 Å². The molecule has 0 radical (unpaired) electrons. The predicted molar refractivity (Wildman–Crippen MR) is 80.9 cm³/mol. The van der Waals surface area contributed by atoms with Crippen molar-refractivity contribution in [3.05, 3.63) is 57.6 Å². The van der Waals surface area contributed by atoms with Gasteiger partial charge < -0.3 is 0 Å². The van der Waals surface area contributed by atoms with Crippen LogP contribution in [0.25, 0.3) is 11.1 Å². The van der Waals surface area contributed by atoms with Crippen LogP contribution in [-0.4, -0.2) is 0 Å². The first-order valence-corrected chi connectivity index (χ1v) is 7.63. The highest BCUT2D eigenvalue weighted by Crippen LogP contribution is 2.39. The van der Waals surface area contributed by atoms with Gasteiger partial charge in [0.05, 0.1) is 0 Å². The molecular formula is C18H17Cl. The highest BCUT2D eigenvalue weighted by Gasteiger charge is 2.22. The zero-order valence-corrected chi connectivity index (χ0v) is 11.8. The number of hydrogen-bond donors (Lipinski definition) is 0. The standard InChI is InChI=1S/C18H17Cl/c19-14-7-10-16-13(11-14)6-9-17-15-4-2-1-3-12(15)5-8-18(16)17/h5,7-8,10-11H,1-4,6,9H2. The maximum atomic E-state index is 6.12. The molecule has 0 fully saturated rings. The first kappa shape index (κ1) is 11.5. The summed E-state index contributed by atoms with van der Waals surface area (Å²) in [4.78, 5) is 0. The van der Waals surface area contributed by atoms with Crippen molar-refractivity contribution in [2.24, 2.45) is 0 Å². The Morgan fingerprint density at radius 1 is 0.684 bits per heavy atom. The highest BCUT2D eigenvalue weighted by atomic mass is 35.5. The van der Waals surface area contributed by atoms with E-state index in [-0.39, 0.29) is 0 Å². The average molecular weight is 269 g/mol. The van der Waals surface area contributed by atoms with Crippen LogP contribution in [0.15, 0.2) is 30.3 Å². The lowest BCUT2D eigenvalue weighted by atomic mass is 9.78. The molecular weight excluding hydrogens is 252 g/mol. The molecule has 0 aliphatic heterocycles. The van der Waals surface area contributed by atoms with Crippen LogP contribution in [0.1, 0.15) is 35.1 Å². The van der Waals surface area contributed by atoms with Gasteiger partial charge in [-0.15, -0.1) is 0 Å². The van der Waals surface area contributed by atoms with Gasteiger partial charge in [0.15, 0.2) is 0 Å². The van der Waals surface area contributed by atoms with Gasteiger partial charge in [0.25, 0.3) is 0 Å². The molecule has 0 amide bonds. The quantitative estimate of drug-likeness (QED) is 0.632. The Kier molecular flexibility index (Phi) is 2.66. The molecule has 19 heavy (non-hydrogen) atoms.